The lowest BCUT2D eigenvalue weighted by molar-refractivity contribution is 0.0982. The van der Waals surface area contributed by atoms with Crippen LogP contribution in [0.3, 0.4) is 0 Å². The van der Waals surface area contributed by atoms with Gasteiger partial charge in [-0.3, -0.25) is 9.69 Å². The van der Waals surface area contributed by atoms with Crippen LogP contribution in [0.4, 0.5) is 5.13 Å². The van der Waals surface area contributed by atoms with E-state index in [1.165, 1.54) is 4.90 Å². The third-order valence-corrected chi connectivity index (χ3v) is 7.15. The number of aromatic nitrogens is 1. The molecule has 6 nitrogen and oxygen atoms in total. The van der Waals surface area contributed by atoms with E-state index in [1.807, 2.05) is 12.1 Å². The fourth-order valence-electron chi connectivity index (χ4n) is 3.53. The maximum absolute atomic E-state index is 13.6. The smallest absolute Gasteiger partial charge is 0.260 e. The van der Waals surface area contributed by atoms with Gasteiger partial charge in [-0.1, -0.05) is 25.2 Å². The Morgan fingerprint density at radius 2 is 1.81 bits per heavy atom. The molecule has 0 atom stereocenters. The minimum Gasteiger partial charge on any atom is -0.486 e. The Morgan fingerprint density at radius 3 is 2.53 bits per heavy atom. The summed E-state index contributed by atoms with van der Waals surface area (Å²) in [6.07, 6.45) is 2.06. The van der Waals surface area contributed by atoms with Gasteiger partial charge < -0.3 is 14.4 Å². The lowest BCUT2D eigenvalue weighted by Gasteiger charge is -2.25. The number of fused-ring (bicyclic) bond motifs is 2. The molecule has 4 rings (SSSR count). The molecule has 0 saturated heterocycles. The van der Waals surface area contributed by atoms with E-state index >= 15 is 0 Å². The third-order valence-electron chi connectivity index (χ3n) is 5.38. The number of halogens is 1. The largest absolute Gasteiger partial charge is 0.486 e. The van der Waals surface area contributed by atoms with Crippen molar-refractivity contribution in [3.63, 3.8) is 0 Å². The minimum absolute atomic E-state index is 0. The van der Waals surface area contributed by atoms with Gasteiger partial charge in [0.05, 0.1) is 10.2 Å². The van der Waals surface area contributed by atoms with Crippen LogP contribution in [-0.2, 0) is 0 Å². The third kappa shape index (κ3) is 5.31. The number of carbonyl (C=O) groups excluding carboxylic acids is 1. The van der Waals surface area contributed by atoms with E-state index in [0.29, 0.717) is 36.8 Å². The zero-order valence-electron chi connectivity index (χ0n) is 18.5. The predicted molar refractivity (Wildman–Crippen MR) is 136 cm³/mol. The molecular formula is C23H28ClN3O3S2. The Labute approximate surface area is 203 Å². The van der Waals surface area contributed by atoms with Crippen molar-refractivity contribution in [2.45, 2.75) is 18.7 Å². The van der Waals surface area contributed by atoms with Crippen molar-refractivity contribution in [2.24, 2.45) is 0 Å². The van der Waals surface area contributed by atoms with Crippen LogP contribution in [0.25, 0.3) is 10.2 Å². The maximum atomic E-state index is 13.6. The van der Waals surface area contributed by atoms with Gasteiger partial charge in [-0.15, -0.1) is 24.2 Å². The monoisotopic (exact) mass is 493 g/mol. The van der Waals surface area contributed by atoms with Crippen molar-refractivity contribution < 1.29 is 14.3 Å². The number of anilines is 1. The highest BCUT2D eigenvalue weighted by atomic mass is 35.5. The summed E-state index contributed by atoms with van der Waals surface area (Å²) in [7, 11) is 0. The number of thioether (sulfide) groups is 1. The number of carbonyl (C=O) groups is 1. The van der Waals surface area contributed by atoms with Crippen LogP contribution >= 0.6 is 35.5 Å². The topological polar surface area (TPSA) is 54.9 Å². The van der Waals surface area contributed by atoms with Crippen LogP contribution < -0.4 is 14.4 Å². The molecule has 1 amide bonds. The summed E-state index contributed by atoms with van der Waals surface area (Å²) in [6, 6.07) is 11.6. The Kier molecular flexibility index (Phi) is 8.64. The number of nitrogens with zero attached hydrogens (tertiary/aromatic N) is 3. The number of hydrogen-bond donors (Lipinski definition) is 0. The van der Waals surface area contributed by atoms with Crippen LogP contribution in [0.5, 0.6) is 11.5 Å². The van der Waals surface area contributed by atoms with Crippen LogP contribution in [0.1, 0.15) is 24.2 Å². The normalized spacial score (nSPS) is 12.6. The van der Waals surface area contributed by atoms with Gasteiger partial charge >= 0.3 is 0 Å². The average molecular weight is 494 g/mol. The molecule has 0 bridgehead atoms. The van der Waals surface area contributed by atoms with Crippen LogP contribution in [0.15, 0.2) is 41.3 Å². The number of amides is 1. The number of hydrogen-bond acceptors (Lipinski definition) is 7. The van der Waals surface area contributed by atoms with Crippen molar-refractivity contribution in [2.75, 3.05) is 50.5 Å². The van der Waals surface area contributed by atoms with E-state index in [9.17, 15) is 4.79 Å². The second-order valence-corrected chi connectivity index (χ2v) is 9.06. The molecule has 0 aliphatic carbocycles. The highest BCUT2D eigenvalue weighted by molar-refractivity contribution is 7.98. The van der Waals surface area contributed by atoms with E-state index in [0.717, 1.165) is 35.0 Å². The van der Waals surface area contributed by atoms with E-state index in [2.05, 4.69) is 37.1 Å². The van der Waals surface area contributed by atoms with E-state index in [-0.39, 0.29) is 18.3 Å². The molecule has 0 unspecified atom stereocenters. The summed E-state index contributed by atoms with van der Waals surface area (Å²) in [5, 5.41) is 0.722. The molecule has 2 heterocycles. The van der Waals surface area contributed by atoms with Gasteiger partial charge in [0.1, 0.15) is 13.2 Å². The summed E-state index contributed by atoms with van der Waals surface area (Å²) in [5.74, 6) is 1.23. The van der Waals surface area contributed by atoms with Gasteiger partial charge in [0.2, 0.25) is 0 Å². The quantitative estimate of drug-likeness (QED) is 0.402. The zero-order valence-corrected chi connectivity index (χ0v) is 20.9. The average Bonchev–Trinajstić information content (AvgIpc) is 3.24. The standard InChI is InChI=1S/C23H27N3O3S2.ClH/c1-4-25(5-2)10-11-26(23-24-18-8-7-17(30-3)15-21(18)31-23)22(27)16-6-9-19-20(14-16)29-13-12-28-19;/h6-9,14-15H,4-5,10-13H2,1-3H3;1H. The summed E-state index contributed by atoms with van der Waals surface area (Å²) < 4.78 is 12.4. The second-order valence-electron chi connectivity index (χ2n) is 7.17. The molecule has 1 aromatic heterocycles. The number of ether oxygens (including phenoxy) is 2. The first kappa shape index (κ1) is 24.6. The number of likely N-dealkylation sites (N-methyl/N-ethyl adjacent to an activating group) is 1. The fraction of sp³-hybridized carbons (Fsp3) is 0.391. The molecule has 9 heteroatoms. The molecule has 0 saturated carbocycles. The number of benzene rings is 2. The highest BCUT2D eigenvalue weighted by Gasteiger charge is 2.24. The summed E-state index contributed by atoms with van der Waals surface area (Å²) >= 11 is 3.26. The highest BCUT2D eigenvalue weighted by Crippen LogP contribution is 2.34. The van der Waals surface area contributed by atoms with Crippen LogP contribution in [0.2, 0.25) is 0 Å². The molecule has 1 aliphatic rings. The van der Waals surface area contributed by atoms with Gasteiger partial charge in [0, 0.05) is 23.5 Å². The molecule has 172 valence electrons. The number of thiazole rings is 1. The van der Waals surface area contributed by atoms with Crippen LogP contribution in [-0.4, -0.2) is 61.4 Å². The Balaban J connectivity index is 0.00000289. The molecule has 32 heavy (non-hydrogen) atoms. The van der Waals surface area contributed by atoms with Crippen LogP contribution in [0, 0.1) is 0 Å². The first-order valence-corrected chi connectivity index (χ1v) is 12.6. The lowest BCUT2D eigenvalue weighted by Crippen LogP contribution is -2.38. The van der Waals surface area contributed by atoms with Gasteiger partial charge in [-0.05, 0) is 55.7 Å². The SMILES string of the molecule is CCN(CC)CCN(C(=O)c1ccc2c(c1)OCCO2)c1nc2ccc(SC)cc2s1.Cl. The fourth-order valence-corrected chi connectivity index (χ4v) is 5.08. The first-order chi connectivity index (χ1) is 15.1. The minimum atomic E-state index is -0.0757. The van der Waals surface area contributed by atoms with Gasteiger partial charge in [-0.2, -0.15) is 0 Å². The van der Waals surface area contributed by atoms with E-state index in [1.54, 1.807) is 40.1 Å². The predicted octanol–water partition coefficient (Wildman–Crippen LogP) is 5.20. The van der Waals surface area contributed by atoms with Gasteiger partial charge in [0.15, 0.2) is 16.6 Å². The molecule has 3 aromatic rings. The summed E-state index contributed by atoms with van der Waals surface area (Å²) in [4.78, 5) is 23.7. The summed E-state index contributed by atoms with van der Waals surface area (Å²) in [6.45, 7) is 8.54. The maximum Gasteiger partial charge on any atom is 0.260 e. The Morgan fingerprint density at radius 1 is 1.06 bits per heavy atom. The van der Waals surface area contributed by atoms with Crippen molar-refractivity contribution in [1.82, 2.24) is 9.88 Å². The van der Waals surface area contributed by atoms with Crippen molar-refractivity contribution in [3.8, 4) is 11.5 Å². The van der Waals surface area contributed by atoms with Crippen molar-refractivity contribution >= 4 is 56.8 Å². The number of rotatable bonds is 8. The van der Waals surface area contributed by atoms with Gasteiger partial charge in [0.25, 0.3) is 5.91 Å². The van der Waals surface area contributed by atoms with Crippen molar-refractivity contribution in [3.05, 3.63) is 42.0 Å². The molecule has 0 spiro atoms. The molecular weight excluding hydrogens is 466 g/mol. The molecule has 0 fully saturated rings. The molecule has 2 aromatic carbocycles. The Hall–Kier alpha value is -2.00. The molecule has 0 radical (unpaired) electrons. The summed E-state index contributed by atoms with van der Waals surface area (Å²) in [5.41, 5.74) is 1.49. The zero-order chi connectivity index (χ0) is 21.8. The Bertz CT molecular complexity index is 1070. The molecule has 1 aliphatic heterocycles. The lowest BCUT2D eigenvalue weighted by atomic mass is 10.1. The van der Waals surface area contributed by atoms with Crippen molar-refractivity contribution in [1.29, 1.82) is 0 Å². The van der Waals surface area contributed by atoms with E-state index < -0.39 is 0 Å². The second kappa shape index (κ2) is 11.2. The van der Waals surface area contributed by atoms with E-state index in [4.69, 9.17) is 14.5 Å². The van der Waals surface area contributed by atoms with Gasteiger partial charge in [-0.25, -0.2) is 4.98 Å². The molecule has 0 N–H and O–H groups in total. The first-order valence-electron chi connectivity index (χ1n) is 10.5.